The third-order valence-electron chi connectivity index (χ3n) is 4.86. The molecule has 0 spiro atoms. The lowest BCUT2D eigenvalue weighted by Crippen LogP contribution is -2.33. The lowest BCUT2D eigenvalue weighted by atomic mass is 10.1. The Bertz CT molecular complexity index is 784. The summed E-state index contributed by atoms with van der Waals surface area (Å²) in [5.41, 5.74) is 0.525. The first kappa shape index (κ1) is 22.4. The van der Waals surface area contributed by atoms with Gasteiger partial charge in [-0.2, -0.15) is 4.31 Å². The number of rotatable bonds is 9. The Morgan fingerprint density at radius 1 is 1.18 bits per heavy atom. The molecule has 1 aromatic carbocycles. The van der Waals surface area contributed by atoms with Crippen LogP contribution in [0.15, 0.2) is 29.2 Å². The van der Waals surface area contributed by atoms with Crippen LogP contribution in [-0.2, 0) is 19.6 Å². The molecule has 1 atom stereocenters. The maximum atomic E-state index is 12.8. The summed E-state index contributed by atoms with van der Waals surface area (Å²) >= 11 is 0. The number of sulfonamides is 1. The van der Waals surface area contributed by atoms with Gasteiger partial charge in [0.25, 0.3) is 0 Å². The number of hydrogen-bond acceptors (Lipinski definition) is 4. The van der Waals surface area contributed by atoms with Crippen LogP contribution in [0.25, 0.3) is 0 Å². The summed E-state index contributed by atoms with van der Waals surface area (Å²) in [4.78, 5) is 26.4. The van der Waals surface area contributed by atoms with E-state index in [4.69, 9.17) is 0 Å². The van der Waals surface area contributed by atoms with E-state index in [-0.39, 0.29) is 35.1 Å². The van der Waals surface area contributed by atoms with Gasteiger partial charge in [0.15, 0.2) is 0 Å². The van der Waals surface area contributed by atoms with Crippen LogP contribution in [0.1, 0.15) is 47.0 Å². The van der Waals surface area contributed by atoms with E-state index in [2.05, 4.69) is 5.32 Å². The number of anilines is 1. The molecule has 1 N–H and O–H groups in total. The number of nitrogens with one attached hydrogen (secondary N) is 1. The fraction of sp³-hybridized carbons (Fsp3) is 0.600. The number of nitrogens with zero attached hydrogens (tertiary/aromatic N) is 2. The van der Waals surface area contributed by atoms with Gasteiger partial charge in [-0.3, -0.25) is 9.59 Å². The first-order valence-electron chi connectivity index (χ1n) is 9.91. The zero-order valence-corrected chi connectivity index (χ0v) is 18.0. The smallest absolute Gasteiger partial charge is 0.243 e. The van der Waals surface area contributed by atoms with E-state index in [1.807, 2.05) is 27.7 Å². The largest absolute Gasteiger partial charge is 0.339 e. The average Bonchev–Trinajstić information content (AvgIpc) is 3.04. The van der Waals surface area contributed by atoms with Gasteiger partial charge in [0, 0.05) is 37.8 Å². The van der Waals surface area contributed by atoms with Crippen LogP contribution in [0.4, 0.5) is 5.69 Å². The van der Waals surface area contributed by atoms with Gasteiger partial charge in [-0.05, 0) is 51.0 Å². The van der Waals surface area contributed by atoms with Crippen molar-refractivity contribution in [2.24, 2.45) is 5.92 Å². The van der Waals surface area contributed by atoms with Crippen molar-refractivity contribution in [3.8, 4) is 0 Å². The molecule has 0 radical (unpaired) electrons. The minimum atomic E-state index is -3.54. The number of benzene rings is 1. The van der Waals surface area contributed by atoms with Crippen molar-refractivity contribution in [1.82, 2.24) is 9.21 Å². The number of carbonyl (C=O) groups is 2. The summed E-state index contributed by atoms with van der Waals surface area (Å²) in [5.74, 6) is -0.614. The van der Waals surface area contributed by atoms with E-state index < -0.39 is 10.0 Å². The lowest BCUT2D eigenvalue weighted by Gasteiger charge is -2.21. The quantitative estimate of drug-likeness (QED) is 0.679. The Kier molecular flexibility index (Phi) is 7.60. The van der Waals surface area contributed by atoms with Gasteiger partial charge >= 0.3 is 0 Å². The monoisotopic (exact) mass is 409 g/mol. The zero-order chi connectivity index (χ0) is 20.9. The fourth-order valence-corrected chi connectivity index (χ4v) is 4.98. The molecule has 1 aromatic rings. The lowest BCUT2D eigenvalue weighted by molar-refractivity contribution is -0.129. The molecule has 0 saturated carbocycles. The van der Waals surface area contributed by atoms with Gasteiger partial charge in [0.2, 0.25) is 21.8 Å². The highest BCUT2D eigenvalue weighted by molar-refractivity contribution is 7.89. The maximum absolute atomic E-state index is 12.8. The first-order chi connectivity index (χ1) is 13.2. The van der Waals surface area contributed by atoms with Crippen molar-refractivity contribution in [1.29, 1.82) is 0 Å². The average molecular weight is 410 g/mol. The topological polar surface area (TPSA) is 86.8 Å². The molecular weight excluding hydrogens is 378 g/mol. The summed E-state index contributed by atoms with van der Waals surface area (Å²) in [6, 6.07) is 6.30. The molecule has 1 aliphatic heterocycles. The van der Waals surface area contributed by atoms with Gasteiger partial charge in [-0.1, -0.05) is 13.8 Å². The van der Waals surface area contributed by atoms with Crippen molar-refractivity contribution in [2.45, 2.75) is 57.9 Å². The van der Waals surface area contributed by atoms with Crippen molar-refractivity contribution in [3.63, 3.8) is 0 Å². The van der Waals surface area contributed by atoms with E-state index in [9.17, 15) is 18.0 Å². The van der Waals surface area contributed by atoms with Crippen molar-refractivity contribution in [3.05, 3.63) is 24.3 Å². The molecule has 0 bridgehead atoms. The summed E-state index contributed by atoms with van der Waals surface area (Å²) in [5, 5.41) is 2.80. The summed E-state index contributed by atoms with van der Waals surface area (Å²) < 4.78 is 27.1. The summed E-state index contributed by atoms with van der Waals surface area (Å²) in [7, 11) is -3.54. The normalized spacial score (nSPS) is 17.6. The van der Waals surface area contributed by atoms with Crippen LogP contribution >= 0.6 is 0 Å². The third-order valence-corrected chi connectivity index (χ3v) is 6.77. The molecule has 1 aliphatic rings. The highest BCUT2D eigenvalue weighted by Gasteiger charge is 2.35. The van der Waals surface area contributed by atoms with Crippen molar-refractivity contribution >= 4 is 27.5 Å². The predicted octanol–water partition coefficient (Wildman–Crippen LogP) is 2.69. The van der Waals surface area contributed by atoms with E-state index in [1.165, 1.54) is 16.4 Å². The Balaban J connectivity index is 2.06. The summed E-state index contributed by atoms with van der Waals surface area (Å²) in [6.45, 7) is 9.14. The molecule has 2 amide bonds. The molecule has 8 heteroatoms. The van der Waals surface area contributed by atoms with E-state index in [0.29, 0.717) is 25.3 Å². The van der Waals surface area contributed by atoms with E-state index in [1.54, 1.807) is 17.0 Å². The van der Waals surface area contributed by atoms with Gasteiger partial charge in [-0.25, -0.2) is 8.42 Å². The second kappa shape index (κ2) is 9.52. The molecule has 0 unspecified atom stereocenters. The Hall–Kier alpha value is -1.93. The predicted molar refractivity (Wildman–Crippen MR) is 109 cm³/mol. The molecule has 2 rings (SSSR count). The van der Waals surface area contributed by atoms with Crippen LogP contribution in [-0.4, -0.2) is 55.1 Å². The Morgan fingerprint density at radius 2 is 1.75 bits per heavy atom. The Morgan fingerprint density at radius 3 is 2.21 bits per heavy atom. The second-order valence-electron chi connectivity index (χ2n) is 7.46. The minimum Gasteiger partial charge on any atom is -0.339 e. The molecule has 7 nitrogen and oxygen atoms in total. The third kappa shape index (κ3) is 5.11. The van der Waals surface area contributed by atoms with Crippen LogP contribution < -0.4 is 5.32 Å². The van der Waals surface area contributed by atoms with Gasteiger partial charge < -0.3 is 10.2 Å². The maximum Gasteiger partial charge on any atom is 0.243 e. The van der Waals surface area contributed by atoms with Crippen LogP contribution in [0.5, 0.6) is 0 Å². The first-order valence-corrected chi connectivity index (χ1v) is 11.3. The number of hydrogen-bond donors (Lipinski definition) is 1. The molecule has 1 fully saturated rings. The summed E-state index contributed by atoms with van der Waals surface area (Å²) in [6.07, 6.45) is 1.71. The van der Waals surface area contributed by atoms with Gasteiger partial charge in [-0.15, -0.1) is 0 Å². The minimum absolute atomic E-state index is 0.0106. The zero-order valence-electron chi connectivity index (χ0n) is 17.1. The highest BCUT2D eigenvalue weighted by atomic mass is 32.2. The van der Waals surface area contributed by atoms with Gasteiger partial charge in [0.1, 0.15) is 0 Å². The van der Waals surface area contributed by atoms with Crippen molar-refractivity contribution < 1.29 is 18.0 Å². The molecule has 0 aromatic heterocycles. The van der Waals surface area contributed by atoms with E-state index in [0.717, 1.165) is 12.8 Å². The Labute approximate surface area is 168 Å². The number of carbonyl (C=O) groups excluding carboxylic acids is 2. The molecule has 1 heterocycles. The van der Waals surface area contributed by atoms with Crippen LogP contribution in [0, 0.1) is 5.92 Å². The van der Waals surface area contributed by atoms with Crippen LogP contribution in [0.2, 0.25) is 0 Å². The molecule has 156 valence electrons. The van der Waals surface area contributed by atoms with Gasteiger partial charge in [0.05, 0.1) is 10.8 Å². The second-order valence-corrected chi connectivity index (χ2v) is 9.40. The molecular formula is C20H31N3O4S. The SMILES string of the molecule is CCCN(CCC)S(=O)(=O)c1ccc(NC(=O)[C@H]2CC(=O)N(C(C)C)C2)cc1. The number of likely N-dealkylation sites (tertiary alicyclic amines) is 1. The van der Waals surface area contributed by atoms with E-state index >= 15 is 0 Å². The highest BCUT2D eigenvalue weighted by Crippen LogP contribution is 2.23. The molecule has 1 saturated heterocycles. The van der Waals surface area contributed by atoms with Crippen molar-refractivity contribution in [2.75, 3.05) is 25.0 Å². The number of amides is 2. The van der Waals surface area contributed by atoms with Crippen LogP contribution in [0.3, 0.4) is 0 Å². The standard InChI is InChI=1S/C20H31N3O4S/c1-5-11-22(12-6-2)28(26,27)18-9-7-17(8-10-18)21-20(25)16-13-19(24)23(14-16)15(3)4/h7-10,15-16H,5-6,11-14H2,1-4H3,(H,21,25)/t16-/m0/s1. The molecule has 28 heavy (non-hydrogen) atoms. The fourth-order valence-electron chi connectivity index (χ4n) is 3.36. The molecule has 0 aliphatic carbocycles.